The van der Waals surface area contributed by atoms with E-state index in [1.807, 2.05) is 4.90 Å². The summed E-state index contributed by atoms with van der Waals surface area (Å²) in [4.78, 5) is 19.3. The molecule has 3 rings (SSSR count). The molecule has 3 heterocycles. The topological polar surface area (TPSA) is 36.0 Å². The van der Waals surface area contributed by atoms with Crippen molar-refractivity contribution in [2.24, 2.45) is 0 Å². The zero-order chi connectivity index (χ0) is 13.4. The van der Waals surface area contributed by atoms with Gasteiger partial charge >= 0.3 is 0 Å². The number of amides is 1. The van der Waals surface area contributed by atoms with E-state index in [-0.39, 0.29) is 12.0 Å². The van der Waals surface area contributed by atoms with Crippen LogP contribution in [0.4, 0.5) is 0 Å². The van der Waals surface area contributed by atoms with E-state index < -0.39 is 0 Å². The number of likely N-dealkylation sites (N-methyl/N-ethyl adjacent to an activating group) is 2. The van der Waals surface area contributed by atoms with Gasteiger partial charge in [-0.1, -0.05) is 0 Å². The van der Waals surface area contributed by atoms with Gasteiger partial charge in [0.2, 0.25) is 0 Å². The van der Waals surface area contributed by atoms with Crippen LogP contribution in [-0.2, 0) is 9.53 Å². The maximum atomic E-state index is 12.6. The molecule has 3 aliphatic heterocycles. The quantitative estimate of drug-likeness (QED) is 0.671. The lowest BCUT2D eigenvalue weighted by atomic mass is 10.1. The molecular weight excluding hydrogens is 242 g/mol. The van der Waals surface area contributed by atoms with Crippen molar-refractivity contribution in [1.82, 2.24) is 14.7 Å². The van der Waals surface area contributed by atoms with Gasteiger partial charge in [-0.25, -0.2) is 0 Å². The van der Waals surface area contributed by atoms with Crippen LogP contribution >= 0.6 is 0 Å². The molecule has 5 nitrogen and oxygen atoms in total. The highest BCUT2D eigenvalue weighted by molar-refractivity contribution is 5.81. The number of likely N-dealkylation sites (tertiary alicyclic amines) is 1. The zero-order valence-electron chi connectivity index (χ0n) is 12.0. The molecule has 0 unspecified atom stereocenters. The Morgan fingerprint density at radius 1 is 1.05 bits per heavy atom. The van der Waals surface area contributed by atoms with Crippen LogP contribution in [0.25, 0.3) is 0 Å². The summed E-state index contributed by atoms with van der Waals surface area (Å²) in [6.07, 6.45) is 3.39. The summed E-state index contributed by atoms with van der Waals surface area (Å²) in [7, 11) is 4.27. The summed E-state index contributed by atoms with van der Waals surface area (Å²) in [6.45, 7) is 4.12. The van der Waals surface area contributed by atoms with E-state index in [9.17, 15) is 4.79 Å². The van der Waals surface area contributed by atoms with E-state index in [1.165, 1.54) is 12.8 Å². The van der Waals surface area contributed by atoms with Crippen LogP contribution in [0.1, 0.15) is 19.3 Å². The lowest BCUT2D eigenvalue weighted by molar-refractivity contribution is -0.149. The zero-order valence-corrected chi connectivity index (χ0v) is 12.0. The molecule has 0 saturated carbocycles. The molecule has 2 bridgehead atoms. The Balaban J connectivity index is 1.64. The standard InChI is InChI=1S/C14H25N3O2/c1-15-7-8-19-13(10-15)14(18)17-6-5-11-3-4-12(9-17)16(11)2/h11-13H,3-10H2,1-2H3/t11-,12-,13+/m1/s1. The summed E-state index contributed by atoms with van der Waals surface area (Å²) >= 11 is 0. The second-order valence-corrected chi connectivity index (χ2v) is 6.25. The van der Waals surface area contributed by atoms with Crippen molar-refractivity contribution in [3.05, 3.63) is 0 Å². The normalized spacial score (nSPS) is 37.4. The molecule has 108 valence electrons. The van der Waals surface area contributed by atoms with E-state index in [0.717, 1.165) is 32.6 Å². The predicted octanol–water partition coefficient (Wildman–Crippen LogP) is 0.0121. The first-order valence-corrected chi connectivity index (χ1v) is 7.46. The van der Waals surface area contributed by atoms with Gasteiger partial charge in [0.25, 0.3) is 5.91 Å². The van der Waals surface area contributed by atoms with Gasteiger partial charge in [-0.15, -0.1) is 0 Å². The number of hydrogen-bond donors (Lipinski definition) is 0. The molecule has 3 atom stereocenters. The molecule has 0 aromatic carbocycles. The number of carbonyl (C=O) groups excluding carboxylic acids is 1. The van der Waals surface area contributed by atoms with Gasteiger partial charge in [0, 0.05) is 38.3 Å². The fourth-order valence-electron chi connectivity index (χ4n) is 3.64. The van der Waals surface area contributed by atoms with Crippen LogP contribution in [0.2, 0.25) is 0 Å². The highest BCUT2D eigenvalue weighted by Crippen LogP contribution is 2.28. The summed E-state index contributed by atoms with van der Waals surface area (Å²) in [5.41, 5.74) is 0. The first kappa shape index (κ1) is 13.3. The molecule has 0 N–H and O–H groups in total. The van der Waals surface area contributed by atoms with Gasteiger partial charge in [0.05, 0.1) is 6.61 Å². The molecule has 3 aliphatic rings. The average molecular weight is 267 g/mol. The van der Waals surface area contributed by atoms with E-state index in [2.05, 4.69) is 23.9 Å². The Hall–Kier alpha value is -0.650. The van der Waals surface area contributed by atoms with Gasteiger partial charge < -0.3 is 14.5 Å². The minimum Gasteiger partial charge on any atom is -0.366 e. The van der Waals surface area contributed by atoms with Crippen LogP contribution in [0, 0.1) is 0 Å². The number of fused-ring (bicyclic) bond motifs is 2. The number of hydrogen-bond acceptors (Lipinski definition) is 4. The van der Waals surface area contributed by atoms with Crippen molar-refractivity contribution in [2.45, 2.75) is 37.5 Å². The molecule has 3 saturated heterocycles. The van der Waals surface area contributed by atoms with Gasteiger partial charge in [0.1, 0.15) is 6.10 Å². The molecule has 0 radical (unpaired) electrons. The maximum absolute atomic E-state index is 12.6. The fourth-order valence-corrected chi connectivity index (χ4v) is 3.64. The van der Waals surface area contributed by atoms with E-state index in [1.54, 1.807) is 0 Å². The minimum atomic E-state index is -0.249. The Bertz CT molecular complexity index is 350. The van der Waals surface area contributed by atoms with Crippen LogP contribution in [-0.4, -0.2) is 85.7 Å². The number of rotatable bonds is 1. The van der Waals surface area contributed by atoms with Crippen molar-refractivity contribution >= 4 is 5.91 Å². The first-order valence-electron chi connectivity index (χ1n) is 7.46. The van der Waals surface area contributed by atoms with E-state index in [0.29, 0.717) is 18.7 Å². The monoisotopic (exact) mass is 267 g/mol. The fraction of sp³-hybridized carbons (Fsp3) is 0.929. The van der Waals surface area contributed by atoms with Gasteiger partial charge in [-0.2, -0.15) is 0 Å². The molecule has 1 amide bonds. The smallest absolute Gasteiger partial charge is 0.253 e. The van der Waals surface area contributed by atoms with Crippen molar-refractivity contribution in [2.75, 3.05) is 46.9 Å². The number of carbonyl (C=O) groups is 1. The highest BCUT2D eigenvalue weighted by Gasteiger charge is 2.38. The average Bonchev–Trinajstić information content (AvgIpc) is 2.62. The summed E-state index contributed by atoms with van der Waals surface area (Å²) < 4.78 is 5.66. The van der Waals surface area contributed by atoms with Crippen molar-refractivity contribution < 1.29 is 9.53 Å². The van der Waals surface area contributed by atoms with Gasteiger partial charge in [-0.3, -0.25) is 9.69 Å². The molecule has 0 aliphatic carbocycles. The van der Waals surface area contributed by atoms with Crippen LogP contribution in [0.3, 0.4) is 0 Å². The third-order valence-electron chi connectivity index (χ3n) is 5.01. The van der Waals surface area contributed by atoms with Crippen molar-refractivity contribution in [1.29, 1.82) is 0 Å². The Morgan fingerprint density at radius 3 is 2.63 bits per heavy atom. The van der Waals surface area contributed by atoms with E-state index in [4.69, 9.17) is 4.74 Å². The van der Waals surface area contributed by atoms with Crippen LogP contribution in [0.5, 0.6) is 0 Å². The van der Waals surface area contributed by atoms with Crippen molar-refractivity contribution in [3.8, 4) is 0 Å². The van der Waals surface area contributed by atoms with Gasteiger partial charge in [-0.05, 0) is 33.4 Å². The lowest BCUT2D eigenvalue weighted by Crippen LogP contribution is -2.51. The Kier molecular flexibility index (Phi) is 3.78. The molecule has 3 fully saturated rings. The highest BCUT2D eigenvalue weighted by atomic mass is 16.5. The number of morpholine rings is 1. The second-order valence-electron chi connectivity index (χ2n) is 6.25. The molecule has 5 heteroatoms. The second kappa shape index (κ2) is 5.38. The van der Waals surface area contributed by atoms with Crippen LogP contribution in [0.15, 0.2) is 0 Å². The summed E-state index contributed by atoms with van der Waals surface area (Å²) in [5.74, 6) is 0.201. The molecule has 0 spiro atoms. The molecular formula is C14H25N3O2. The molecule has 0 aromatic rings. The maximum Gasteiger partial charge on any atom is 0.253 e. The number of nitrogens with zero attached hydrogens (tertiary/aromatic N) is 3. The minimum absolute atomic E-state index is 0.201. The third-order valence-corrected chi connectivity index (χ3v) is 5.01. The van der Waals surface area contributed by atoms with Crippen LogP contribution < -0.4 is 0 Å². The SMILES string of the molecule is CN1CCO[C@H](C(=O)N2CC[C@H]3CC[C@H](C2)N3C)C1. The van der Waals surface area contributed by atoms with Gasteiger partial charge in [0.15, 0.2) is 0 Å². The van der Waals surface area contributed by atoms with E-state index >= 15 is 0 Å². The lowest BCUT2D eigenvalue weighted by Gasteiger charge is -2.34. The molecule has 0 aromatic heterocycles. The largest absolute Gasteiger partial charge is 0.366 e. The Labute approximate surface area is 115 Å². The first-order chi connectivity index (χ1) is 9.15. The molecule has 19 heavy (non-hydrogen) atoms. The summed E-state index contributed by atoms with van der Waals surface area (Å²) in [6, 6.07) is 1.23. The Morgan fingerprint density at radius 2 is 1.84 bits per heavy atom. The number of ether oxygens (including phenoxy) is 1. The summed E-state index contributed by atoms with van der Waals surface area (Å²) in [5, 5.41) is 0. The van der Waals surface area contributed by atoms with Crippen molar-refractivity contribution in [3.63, 3.8) is 0 Å². The third kappa shape index (κ3) is 2.64. The predicted molar refractivity (Wildman–Crippen MR) is 73.0 cm³/mol.